The highest BCUT2D eigenvalue weighted by Crippen LogP contribution is 2.39. The molecule has 41 heavy (non-hydrogen) atoms. The molecule has 5 aromatic rings. The first-order valence-electron chi connectivity index (χ1n) is 12.7. The minimum Gasteiger partial charge on any atom is -0.484 e. The fraction of sp³-hybridized carbons (Fsp3) is 0.207. The molecule has 12 heteroatoms. The number of nitrogens with zero attached hydrogens (tertiary/aromatic N) is 3. The van der Waals surface area contributed by atoms with Crippen LogP contribution in [0.4, 0.5) is 19.0 Å². The fourth-order valence-corrected chi connectivity index (χ4v) is 5.42. The van der Waals surface area contributed by atoms with Crippen molar-refractivity contribution in [2.24, 2.45) is 5.73 Å². The number of nitrogens with two attached hydrogens (primary N) is 1. The van der Waals surface area contributed by atoms with Crippen molar-refractivity contribution in [3.8, 4) is 21.9 Å². The van der Waals surface area contributed by atoms with Crippen molar-refractivity contribution >= 4 is 34.1 Å². The van der Waals surface area contributed by atoms with Crippen LogP contribution < -0.4 is 21.1 Å². The first-order chi connectivity index (χ1) is 19.7. The number of benzene rings is 2. The molecular formula is C29H27F3N6O2S. The molecule has 1 amide bonds. The number of aromatic nitrogens is 3. The molecule has 4 N–H and O–H groups in total. The van der Waals surface area contributed by atoms with Gasteiger partial charge in [0.25, 0.3) is 5.91 Å². The Morgan fingerprint density at radius 3 is 2.61 bits per heavy atom. The smallest absolute Gasteiger partial charge is 0.416 e. The number of hydrogen-bond acceptors (Lipinski definition) is 7. The molecule has 5 rings (SSSR count). The predicted molar refractivity (Wildman–Crippen MR) is 154 cm³/mol. The minimum absolute atomic E-state index is 0.0414. The van der Waals surface area contributed by atoms with Gasteiger partial charge in [-0.1, -0.05) is 24.3 Å². The molecule has 0 saturated carbocycles. The highest BCUT2D eigenvalue weighted by atomic mass is 32.1. The Morgan fingerprint density at radius 2 is 1.85 bits per heavy atom. The van der Waals surface area contributed by atoms with Crippen LogP contribution in [0.2, 0.25) is 0 Å². The maximum Gasteiger partial charge on any atom is 0.416 e. The third kappa shape index (κ3) is 6.03. The molecule has 0 unspecified atom stereocenters. The summed E-state index contributed by atoms with van der Waals surface area (Å²) in [6, 6.07) is 16.5. The van der Waals surface area contributed by atoms with Crippen LogP contribution in [0.25, 0.3) is 27.2 Å². The Hall–Kier alpha value is -4.42. The van der Waals surface area contributed by atoms with Gasteiger partial charge < -0.3 is 21.1 Å². The minimum atomic E-state index is -4.55. The van der Waals surface area contributed by atoms with Gasteiger partial charge in [0.05, 0.1) is 16.6 Å². The van der Waals surface area contributed by atoms with E-state index in [0.29, 0.717) is 10.5 Å². The first kappa shape index (κ1) is 28.1. The van der Waals surface area contributed by atoms with E-state index in [9.17, 15) is 18.0 Å². The number of alkyl halides is 3. The van der Waals surface area contributed by atoms with Crippen LogP contribution in [0.15, 0.2) is 73.2 Å². The fourth-order valence-electron chi connectivity index (χ4n) is 4.49. The summed E-state index contributed by atoms with van der Waals surface area (Å²) in [5.41, 5.74) is 8.19. The number of fused-ring (bicyclic) bond motifs is 1. The van der Waals surface area contributed by atoms with Crippen LogP contribution in [0, 0.1) is 0 Å². The normalized spacial score (nSPS) is 12.4. The lowest BCUT2D eigenvalue weighted by atomic mass is 10.0. The summed E-state index contributed by atoms with van der Waals surface area (Å²) >= 11 is 1.08. The van der Waals surface area contributed by atoms with E-state index in [0.717, 1.165) is 53.0 Å². The van der Waals surface area contributed by atoms with Gasteiger partial charge in [-0.25, -0.2) is 9.97 Å². The lowest BCUT2D eigenvalue weighted by Crippen LogP contribution is -2.18. The number of hydrogen-bond donors (Lipinski definition) is 3. The number of imidazole rings is 1. The predicted octanol–water partition coefficient (Wildman–Crippen LogP) is 6.04. The number of rotatable bonds is 10. The second-order valence-electron chi connectivity index (χ2n) is 9.27. The maximum absolute atomic E-state index is 13.6. The summed E-state index contributed by atoms with van der Waals surface area (Å²) in [5.74, 6) is 0.132. The standard InChI is InChI=1S/C29H27F3N6O2S/c1-17(20-5-3-4-6-21(20)29(30,31)32)40-24-15-26(41-27(24)28(33)39)38-16-37-22-13-18(7-8-23(22)38)19-9-10-35-25(14-19)36-12-11-34-2/h3-10,13-17,34H,11-12H2,1-2H3,(H2,33,39)(H,35,36)/t17-/m1/s1. The third-order valence-corrected chi connectivity index (χ3v) is 7.61. The average molecular weight is 581 g/mol. The Balaban J connectivity index is 1.44. The van der Waals surface area contributed by atoms with E-state index in [1.165, 1.54) is 25.1 Å². The SMILES string of the molecule is CNCCNc1cc(-c2ccc3c(c2)ncn3-c2cc(O[C@H](C)c3ccccc3C(F)(F)F)c(C(N)=O)s2)ccn1. The number of ether oxygens (including phenoxy) is 1. The summed E-state index contributed by atoms with van der Waals surface area (Å²) < 4.78 is 48.4. The quantitative estimate of drug-likeness (QED) is 0.174. The molecule has 0 spiro atoms. The van der Waals surface area contributed by atoms with Crippen molar-refractivity contribution in [3.05, 3.63) is 89.2 Å². The Morgan fingerprint density at radius 1 is 1.07 bits per heavy atom. The summed E-state index contributed by atoms with van der Waals surface area (Å²) in [6.45, 7) is 3.05. The van der Waals surface area contributed by atoms with Crippen LogP contribution in [-0.2, 0) is 6.18 Å². The number of pyridine rings is 1. The zero-order valence-corrected chi connectivity index (χ0v) is 23.0. The molecule has 1 atom stereocenters. The van der Waals surface area contributed by atoms with Crippen molar-refractivity contribution in [2.75, 3.05) is 25.5 Å². The van der Waals surface area contributed by atoms with E-state index in [4.69, 9.17) is 10.5 Å². The highest BCUT2D eigenvalue weighted by molar-refractivity contribution is 7.16. The topological polar surface area (TPSA) is 107 Å². The van der Waals surface area contributed by atoms with Gasteiger partial charge in [0.2, 0.25) is 0 Å². The van der Waals surface area contributed by atoms with E-state index in [1.807, 2.05) is 37.4 Å². The molecule has 3 aromatic heterocycles. The highest BCUT2D eigenvalue weighted by Gasteiger charge is 2.35. The second-order valence-corrected chi connectivity index (χ2v) is 10.3. The molecule has 0 radical (unpaired) electrons. The summed E-state index contributed by atoms with van der Waals surface area (Å²) in [7, 11) is 1.89. The summed E-state index contributed by atoms with van der Waals surface area (Å²) in [4.78, 5) is 21.3. The zero-order valence-electron chi connectivity index (χ0n) is 22.2. The van der Waals surface area contributed by atoms with Gasteiger partial charge in [0.15, 0.2) is 0 Å². The van der Waals surface area contributed by atoms with Gasteiger partial charge in [-0.3, -0.25) is 9.36 Å². The summed E-state index contributed by atoms with van der Waals surface area (Å²) in [5, 5.41) is 6.94. The number of anilines is 1. The number of nitrogens with one attached hydrogen (secondary N) is 2. The first-order valence-corrected chi connectivity index (χ1v) is 13.6. The van der Waals surface area contributed by atoms with Crippen molar-refractivity contribution in [1.82, 2.24) is 19.9 Å². The average Bonchev–Trinajstić information content (AvgIpc) is 3.57. The number of amides is 1. The van der Waals surface area contributed by atoms with Crippen molar-refractivity contribution in [1.29, 1.82) is 0 Å². The van der Waals surface area contributed by atoms with Crippen LogP contribution in [-0.4, -0.2) is 40.6 Å². The van der Waals surface area contributed by atoms with E-state index in [1.54, 1.807) is 23.2 Å². The number of carbonyl (C=O) groups excluding carboxylic acids is 1. The molecule has 8 nitrogen and oxygen atoms in total. The lowest BCUT2D eigenvalue weighted by Gasteiger charge is -2.19. The molecule has 2 aromatic carbocycles. The Labute approximate surface area is 238 Å². The monoisotopic (exact) mass is 580 g/mol. The maximum atomic E-state index is 13.6. The number of likely N-dealkylation sites (N-methyl/N-ethyl adjacent to an activating group) is 1. The number of thiophene rings is 1. The van der Waals surface area contributed by atoms with Crippen molar-refractivity contribution in [3.63, 3.8) is 0 Å². The molecule has 0 bridgehead atoms. The molecule has 3 heterocycles. The van der Waals surface area contributed by atoms with Crippen LogP contribution in [0.5, 0.6) is 5.75 Å². The van der Waals surface area contributed by atoms with E-state index < -0.39 is 23.8 Å². The van der Waals surface area contributed by atoms with E-state index >= 15 is 0 Å². The van der Waals surface area contributed by atoms with Crippen molar-refractivity contribution < 1.29 is 22.7 Å². The summed E-state index contributed by atoms with van der Waals surface area (Å²) in [6.07, 6.45) is -2.18. The van der Waals surface area contributed by atoms with Gasteiger partial charge in [0, 0.05) is 30.9 Å². The molecule has 0 aliphatic rings. The second kappa shape index (κ2) is 11.6. The van der Waals surface area contributed by atoms with Crippen LogP contribution in [0.1, 0.15) is 33.8 Å². The number of carbonyl (C=O) groups is 1. The molecule has 0 saturated heterocycles. The molecule has 0 fully saturated rings. The molecule has 0 aliphatic heterocycles. The number of primary amides is 1. The molecule has 0 aliphatic carbocycles. The van der Waals surface area contributed by atoms with Gasteiger partial charge in [-0.2, -0.15) is 13.2 Å². The lowest BCUT2D eigenvalue weighted by molar-refractivity contribution is -0.139. The van der Waals surface area contributed by atoms with E-state index in [2.05, 4.69) is 20.6 Å². The van der Waals surface area contributed by atoms with Gasteiger partial charge >= 0.3 is 6.18 Å². The number of halogens is 3. The Bertz CT molecular complexity index is 1700. The Kier molecular flexibility index (Phi) is 7.95. The third-order valence-electron chi connectivity index (χ3n) is 6.48. The van der Waals surface area contributed by atoms with Crippen LogP contribution >= 0.6 is 11.3 Å². The van der Waals surface area contributed by atoms with Gasteiger partial charge in [-0.05, 0) is 55.4 Å². The van der Waals surface area contributed by atoms with Crippen LogP contribution in [0.3, 0.4) is 0 Å². The van der Waals surface area contributed by atoms with Gasteiger partial charge in [0.1, 0.15) is 33.9 Å². The zero-order chi connectivity index (χ0) is 29.1. The molecule has 212 valence electrons. The molecular weight excluding hydrogens is 553 g/mol. The van der Waals surface area contributed by atoms with E-state index in [-0.39, 0.29) is 16.2 Å². The van der Waals surface area contributed by atoms with Crippen molar-refractivity contribution in [2.45, 2.75) is 19.2 Å². The largest absolute Gasteiger partial charge is 0.484 e. The van der Waals surface area contributed by atoms with Gasteiger partial charge in [-0.15, -0.1) is 11.3 Å².